The van der Waals surface area contributed by atoms with Crippen LogP contribution in [0.15, 0.2) is 10.9 Å². The highest BCUT2D eigenvalue weighted by atomic mass is 16.5. The zero-order valence-electron chi connectivity index (χ0n) is 12.9. The standard InChI is InChI=1S/C14H20N6O2/c1-10(2)13-17-11(22-18-13)5-3-6-12(21)19-7-4-8-20-14(19)15-9-16-20/h9-10H,3-8H2,1-2H3. The molecular formula is C14H20N6O2. The molecule has 22 heavy (non-hydrogen) atoms. The van der Waals surface area contributed by atoms with E-state index in [2.05, 4.69) is 20.2 Å². The van der Waals surface area contributed by atoms with Crippen molar-refractivity contribution in [2.75, 3.05) is 11.4 Å². The van der Waals surface area contributed by atoms with Gasteiger partial charge in [0.2, 0.25) is 17.7 Å². The molecule has 0 atom stereocenters. The summed E-state index contributed by atoms with van der Waals surface area (Å²) in [4.78, 5) is 22.5. The quantitative estimate of drug-likeness (QED) is 0.832. The summed E-state index contributed by atoms with van der Waals surface area (Å²) in [5, 5.41) is 8.04. The monoisotopic (exact) mass is 304 g/mol. The molecule has 0 aromatic carbocycles. The van der Waals surface area contributed by atoms with Gasteiger partial charge in [-0.1, -0.05) is 19.0 Å². The molecule has 0 spiro atoms. The van der Waals surface area contributed by atoms with E-state index in [0.29, 0.717) is 43.5 Å². The third kappa shape index (κ3) is 3.00. The molecule has 8 nitrogen and oxygen atoms in total. The van der Waals surface area contributed by atoms with E-state index < -0.39 is 0 Å². The first-order valence-corrected chi connectivity index (χ1v) is 7.66. The van der Waals surface area contributed by atoms with Crippen LogP contribution in [0.25, 0.3) is 0 Å². The normalized spacial score (nSPS) is 14.4. The number of amides is 1. The predicted octanol–water partition coefficient (Wildman–Crippen LogP) is 1.54. The van der Waals surface area contributed by atoms with Crippen molar-refractivity contribution in [1.82, 2.24) is 24.9 Å². The largest absolute Gasteiger partial charge is 0.339 e. The molecular weight excluding hydrogens is 284 g/mol. The lowest BCUT2D eigenvalue weighted by Crippen LogP contribution is -2.38. The third-order valence-electron chi connectivity index (χ3n) is 3.67. The molecule has 0 saturated carbocycles. The van der Waals surface area contributed by atoms with Gasteiger partial charge in [0.25, 0.3) is 0 Å². The smallest absolute Gasteiger partial charge is 0.230 e. The molecule has 1 amide bonds. The van der Waals surface area contributed by atoms with Crippen molar-refractivity contribution in [3.05, 3.63) is 18.0 Å². The van der Waals surface area contributed by atoms with Gasteiger partial charge in [-0.25, -0.2) is 4.68 Å². The molecule has 2 aromatic heterocycles. The number of anilines is 1. The number of carbonyl (C=O) groups is 1. The first-order valence-electron chi connectivity index (χ1n) is 7.66. The number of aromatic nitrogens is 5. The van der Waals surface area contributed by atoms with Gasteiger partial charge in [-0.05, 0) is 12.8 Å². The molecule has 118 valence electrons. The number of hydrogen-bond donors (Lipinski definition) is 0. The Morgan fingerprint density at radius 2 is 2.27 bits per heavy atom. The van der Waals surface area contributed by atoms with E-state index >= 15 is 0 Å². The first kappa shape index (κ1) is 14.7. The Bertz CT molecular complexity index is 647. The maximum Gasteiger partial charge on any atom is 0.230 e. The van der Waals surface area contributed by atoms with E-state index in [4.69, 9.17) is 4.52 Å². The molecule has 2 aromatic rings. The molecule has 8 heteroatoms. The molecule has 0 aliphatic carbocycles. The lowest BCUT2D eigenvalue weighted by molar-refractivity contribution is -0.119. The van der Waals surface area contributed by atoms with Crippen LogP contribution in [0.1, 0.15) is 50.7 Å². The van der Waals surface area contributed by atoms with Crippen molar-refractivity contribution in [3.8, 4) is 0 Å². The summed E-state index contributed by atoms with van der Waals surface area (Å²) >= 11 is 0. The van der Waals surface area contributed by atoms with E-state index in [9.17, 15) is 4.79 Å². The van der Waals surface area contributed by atoms with Gasteiger partial charge in [0, 0.05) is 31.8 Å². The Hall–Kier alpha value is -2.25. The molecule has 1 aliphatic heterocycles. The number of nitrogens with zero attached hydrogens (tertiary/aromatic N) is 6. The summed E-state index contributed by atoms with van der Waals surface area (Å²) in [5.74, 6) is 2.27. The number of carbonyl (C=O) groups excluding carboxylic acids is 1. The number of rotatable bonds is 5. The van der Waals surface area contributed by atoms with Gasteiger partial charge in [0.1, 0.15) is 6.33 Å². The van der Waals surface area contributed by atoms with Crippen LogP contribution >= 0.6 is 0 Å². The summed E-state index contributed by atoms with van der Waals surface area (Å²) in [6, 6.07) is 0. The summed E-state index contributed by atoms with van der Waals surface area (Å²) in [5.41, 5.74) is 0. The van der Waals surface area contributed by atoms with Crippen molar-refractivity contribution in [2.24, 2.45) is 0 Å². The van der Waals surface area contributed by atoms with Crippen LogP contribution < -0.4 is 4.90 Å². The Balaban J connectivity index is 1.53. The Morgan fingerprint density at radius 3 is 3.05 bits per heavy atom. The highest BCUT2D eigenvalue weighted by Crippen LogP contribution is 2.18. The van der Waals surface area contributed by atoms with Gasteiger partial charge in [0.15, 0.2) is 5.82 Å². The Kier molecular flexibility index (Phi) is 4.17. The zero-order valence-corrected chi connectivity index (χ0v) is 12.9. The van der Waals surface area contributed by atoms with Gasteiger partial charge in [-0.3, -0.25) is 9.69 Å². The van der Waals surface area contributed by atoms with Crippen molar-refractivity contribution < 1.29 is 9.32 Å². The maximum absolute atomic E-state index is 12.3. The van der Waals surface area contributed by atoms with E-state index in [1.54, 1.807) is 9.58 Å². The van der Waals surface area contributed by atoms with Gasteiger partial charge < -0.3 is 4.52 Å². The first-order chi connectivity index (χ1) is 10.6. The molecule has 0 radical (unpaired) electrons. The maximum atomic E-state index is 12.3. The average Bonchev–Trinajstić information content (AvgIpc) is 3.15. The van der Waals surface area contributed by atoms with Gasteiger partial charge in [-0.15, -0.1) is 0 Å². The van der Waals surface area contributed by atoms with Crippen LogP contribution in [0.4, 0.5) is 5.95 Å². The lowest BCUT2D eigenvalue weighted by atomic mass is 10.2. The molecule has 1 aliphatic rings. The Morgan fingerprint density at radius 1 is 1.41 bits per heavy atom. The van der Waals surface area contributed by atoms with Crippen molar-refractivity contribution in [3.63, 3.8) is 0 Å². The average molecular weight is 304 g/mol. The number of aryl methyl sites for hydroxylation is 2. The van der Waals surface area contributed by atoms with E-state index in [1.807, 2.05) is 13.8 Å². The minimum atomic E-state index is 0.0672. The topological polar surface area (TPSA) is 89.9 Å². The van der Waals surface area contributed by atoms with Crippen LogP contribution in [-0.4, -0.2) is 37.4 Å². The van der Waals surface area contributed by atoms with Crippen LogP contribution in [0.5, 0.6) is 0 Å². The third-order valence-corrected chi connectivity index (χ3v) is 3.67. The Labute approximate surface area is 128 Å². The van der Waals surface area contributed by atoms with E-state index in [1.165, 1.54) is 6.33 Å². The number of hydrogen-bond acceptors (Lipinski definition) is 6. The highest BCUT2D eigenvalue weighted by Gasteiger charge is 2.24. The predicted molar refractivity (Wildman–Crippen MR) is 78.3 cm³/mol. The second-order valence-electron chi connectivity index (χ2n) is 5.74. The van der Waals surface area contributed by atoms with Crippen molar-refractivity contribution in [2.45, 2.75) is 52.0 Å². The van der Waals surface area contributed by atoms with Crippen LogP contribution in [0, 0.1) is 0 Å². The lowest BCUT2D eigenvalue weighted by Gasteiger charge is -2.25. The molecule has 3 rings (SSSR count). The summed E-state index contributed by atoms with van der Waals surface area (Å²) in [6.45, 7) is 5.56. The van der Waals surface area contributed by atoms with Crippen LogP contribution in [0.3, 0.4) is 0 Å². The fraction of sp³-hybridized carbons (Fsp3) is 0.643. The second-order valence-corrected chi connectivity index (χ2v) is 5.74. The fourth-order valence-electron chi connectivity index (χ4n) is 2.47. The minimum Gasteiger partial charge on any atom is -0.339 e. The van der Waals surface area contributed by atoms with Crippen LogP contribution in [0.2, 0.25) is 0 Å². The summed E-state index contributed by atoms with van der Waals surface area (Å²) in [6.07, 6.45) is 4.14. The van der Waals surface area contributed by atoms with Gasteiger partial charge >= 0.3 is 0 Å². The molecule has 0 N–H and O–H groups in total. The SMILES string of the molecule is CC(C)c1noc(CCCC(=O)N2CCCn3ncnc32)n1. The summed E-state index contributed by atoms with van der Waals surface area (Å²) in [7, 11) is 0. The summed E-state index contributed by atoms with van der Waals surface area (Å²) < 4.78 is 6.96. The second kappa shape index (κ2) is 6.25. The van der Waals surface area contributed by atoms with Crippen LogP contribution in [-0.2, 0) is 17.8 Å². The van der Waals surface area contributed by atoms with Crippen molar-refractivity contribution in [1.29, 1.82) is 0 Å². The fourth-order valence-corrected chi connectivity index (χ4v) is 2.47. The molecule has 0 saturated heterocycles. The van der Waals surface area contributed by atoms with Gasteiger partial charge in [-0.2, -0.15) is 15.1 Å². The zero-order chi connectivity index (χ0) is 15.5. The molecule has 0 bridgehead atoms. The van der Waals surface area contributed by atoms with E-state index in [-0.39, 0.29) is 11.8 Å². The minimum absolute atomic E-state index is 0.0672. The molecule has 0 fully saturated rings. The molecule has 0 unspecified atom stereocenters. The van der Waals surface area contributed by atoms with E-state index in [0.717, 1.165) is 13.0 Å². The van der Waals surface area contributed by atoms with Gasteiger partial charge in [0.05, 0.1) is 0 Å². The highest BCUT2D eigenvalue weighted by molar-refractivity contribution is 5.91. The molecule has 3 heterocycles. The van der Waals surface area contributed by atoms with Crippen molar-refractivity contribution >= 4 is 11.9 Å². The number of fused-ring (bicyclic) bond motifs is 1.